The van der Waals surface area contributed by atoms with Gasteiger partial charge >= 0.3 is 0 Å². The number of hydrogen-bond acceptors (Lipinski definition) is 4. The summed E-state index contributed by atoms with van der Waals surface area (Å²) in [5, 5.41) is 0. The van der Waals surface area contributed by atoms with E-state index in [1.807, 2.05) is 13.0 Å². The highest BCUT2D eigenvalue weighted by Gasteiger charge is 2.38. The molecule has 0 amide bonds. The lowest BCUT2D eigenvalue weighted by molar-refractivity contribution is -0.118. The molecule has 1 aliphatic heterocycles. The summed E-state index contributed by atoms with van der Waals surface area (Å²) in [4.78, 5) is 11.1. The van der Waals surface area contributed by atoms with Crippen molar-refractivity contribution < 1.29 is 19.0 Å². The number of aldehydes is 1. The Labute approximate surface area is 100 Å². The van der Waals surface area contributed by atoms with Crippen LogP contribution in [0.25, 0.3) is 0 Å². The molecule has 1 atom stereocenters. The van der Waals surface area contributed by atoms with E-state index in [4.69, 9.17) is 14.2 Å². The van der Waals surface area contributed by atoms with Gasteiger partial charge in [-0.15, -0.1) is 0 Å². The second-order valence-electron chi connectivity index (χ2n) is 4.45. The van der Waals surface area contributed by atoms with Crippen LogP contribution in [-0.4, -0.2) is 26.1 Å². The van der Waals surface area contributed by atoms with E-state index in [1.165, 1.54) is 0 Å². The molecule has 1 aromatic rings. The first-order valence-corrected chi connectivity index (χ1v) is 5.44. The molecular weight excluding hydrogens is 220 g/mol. The number of carbonyl (C=O) groups is 1. The highest BCUT2D eigenvalue weighted by molar-refractivity contribution is 5.70. The molecule has 4 nitrogen and oxygen atoms in total. The fourth-order valence-electron chi connectivity index (χ4n) is 2.14. The average Bonchev–Trinajstić information content (AvgIpc) is 2.68. The molecule has 0 N–H and O–H groups in total. The topological polar surface area (TPSA) is 44.8 Å². The molecular formula is C13H16O4. The molecule has 0 saturated heterocycles. The van der Waals surface area contributed by atoms with E-state index in [0.717, 1.165) is 17.4 Å². The van der Waals surface area contributed by atoms with E-state index in [9.17, 15) is 4.79 Å². The molecule has 1 unspecified atom stereocenters. The molecule has 0 spiro atoms. The van der Waals surface area contributed by atoms with E-state index >= 15 is 0 Å². The van der Waals surface area contributed by atoms with Crippen LogP contribution in [0.15, 0.2) is 6.07 Å². The Morgan fingerprint density at radius 1 is 1.41 bits per heavy atom. The Balaban J connectivity index is 2.59. The summed E-state index contributed by atoms with van der Waals surface area (Å²) in [6, 6.07) is 1.90. The minimum absolute atomic E-state index is 0.554. The molecule has 0 radical (unpaired) electrons. The number of aryl methyl sites for hydroxylation is 1. The van der Waals surface area contributed by atoms with Crippen molar-refractivity contribution in [2.24, 2.45) is 0 Å². The van der Waals surface area contributed by atoms with Crippen molar-refractivity contribution in [3.8, 4) is 17.2 Å². The maximum Gasteiger partial charge on any atom is 0.203 e. The third-order valence-corrected chi connectivity index (χ3v) is 3.06. The van der Waals surface area contributed by atoms with E-state index in [2.05, 4.69) is 0 Å². The zero-order valence-corrected chi connectivity index (χ0v) is 10.5. The number of hydrogen-bond donors (Lipinski definition) is 0. The summed E-state index contributed by atoms with van der Waals surface area (Å²) < 4.78 is 16.3. The maximum absolute atomic E-state index is 11.1. The molecule has 0 aliphatic carbocycles. The molecule has 92 valence electrons. The van der Waals surface area contributed by atoms with Crippen LogP contribution >= 0.6 is 0 Å². The van der Waals surface area contributed by atoms with Crippen molar-refractivity contribution in [2.75, 3.05) is 14.2 Å². The molecule has 1 heterocycles. The number of methoxy groups -OCH3 is 2. The van der Waals surface area contributed by atoms with Gasteiger partial charge in [0, 0.05) is 12.0 Å². The normalized spacial score (nSPS) is 21.6. The van der Waals surface area contributed by atoms with Gasteiger partial charge in [-0.2, -0.15) is 0 Å². The van der Waals surface area contributed by atoms with Crippen LogP contribution in [0.4, 0.5) is 0 Å². The van der Waals surface area contributed by atoms with Crippen molar-refractivity contribution in [1.82, 2.24) is 0 Å². The van der Waals surface area contributed by atoms with Crippen LogP contribution in [0.3, 0.4) is 0 Å². The summed E-state index contributed by atoms with van der Waals surface area (Å²) >= 11 is 0. The lowest BCUT2D eigenvalue weighted by Gasteiger charge is -2.17. The lowest BCUT2D eigenvalue weighted by atomic mass is 9.97. The van der Waals surface area contributed by atoms with Gasteiger partial charge in [0.1, 0.15) is 0 Å². The van der Waals surface area contributed by atoms with Crippen molar-refractivity contribution in [1.29, 1.82) is 0 Å². The van der Waals surface area contributed by atoms with Crippen LogP contribution in [0.5, 0.6) is 17.2 Å². The molecule has 2 rings (SSSR count). The smallest absolute Gasteiger partial charge is 0.203 e. The highest BCUT2D eigenvalue weighted by Crippen LogP contribution is 2.48. The molecule has 0 aromatic heterocycles. The number of fused-ring (bicyclic) bond motifs is 1. The van der Waals surface area contributed by atoms with Crippen molar-refractivity contribution >= 4 is 6.29 Å². The van der Waals surface area contributed by atoms with E-state index in [1.54, 1.807) is 21.1 Å². The summed E-state index contributed by atoms with van der Waals surface area (Å²) in [6.07, 6.45) is 1.40. The van der Waals surface area contributed by atoms with E-state index in [0.29, 0.717) is 23.7 Å². The third kappa shape index (κ3) is 1.73. The second kappa shape index (κ2) is 3.95. The Hall–Kier alpha value is -1.71. The maximum atomic E-state index is 11.1. The Kier molecular flexibility index (Phi) is 2.73. The zero-order chi connectivity index (χ0) is 12.6. The largest absolute Gasteiger partial charge is 0.493 e. The second-order valence-corrected chi connectivity index (χ2v) is 4.45. The molecule has 0 saturated carbocycles. The van der Waals surface area contributed by atoms with Crippen molar-refractivity contribution in [3.63, 3.8) is 0 Å². The van der Waals surface area contributed by atoms with Crippen molar-refractivity contribution in [2.45, 2.75) is 25.9 Å². The first kappa shape index (κ1) is 11.8. The van der Waals surface area contributed by atoms with E-state index < -0.39 is 5.60 Å². The quantitative estimate of drug-likeness (QED) is 0.752. The monoisotopic (exact) mass is 236 g/mol. The predicted molar refractivity (Wildman–Crippen MR) is 63.1 cm³/mol. The van der Waals surface area contributed by atoms with Gasteiger partial charge in [-0.05, 0) is 25.5 Å². The number of carbonyl (C=O) groups excluding carboxylic acids is 1. The van der Waals surface area contributed by atoms with Crippen molar-refractivity contribution in [3.05, 3.63) is 17.2 Å². The van der Waals surface area contributed by atoms with E-state index in [-0.39, 0.29) is 0 Å². The van der Waals surface area contributed by atoms with Crippen LogP contribution in [0.1, 0.15) is 18.1 Å². The van der Waals surface area contributed by atoms with Crippen LogP contribution in [-0.2, 0) is 11.2 Å². The van der Waals surface area contributed by atoms with Gasteiger partial charge in [0.15, 0.2) is 23.4 Å². The first-order valence-electron chi connectivity index (χ1n) is 5.44. The molecule has 0 bridgehead atoms. The number of ether oxygens (including phenoxy) is 3. The molecule has 4 heteroatoms. The van der Waals surface area contributed by atoms with Gasteiger partial charge in [-0.3, -0.25) is 4.79 Å². The average molecular weight is 236 g/mol. The predicted octanol–water partition coefficient (Wildman–Crippen LogP) is 1.90. The summed E-state index contributed by atoms with van der Waals surface area (Å²) in [5.41, 5.74) is 1.26. The Bertz CT molecular complexity index is 467. The van der Waals surface area contributed by atoms with Crippen LogP contribution < -0.4 is 14.2 Å². The van der Waals surface area contributed by atoms with Gasteiger partial charge in [-0.25, -0.2) is 0 Å². The van der Waals surface area contributed by atoms with Gasteiger partial charge in [-0.1, -0.05) is 0 Å². The minimum Gasteiger partial charge on any atom is -0.493 e. The van der Waals surface area contributed by atoms with Gasteiger partial charge in [0.2, 0.25) is 5.75 Å². The van der Waals surface area contributed by atoms with Crippen LogP contribution in [0.2, 0.25) is 0 Å². The summed E-state index contributed by atoms with van der Waals surface area (Å²) in [6.45, 7) is 3.74. The Morgan fingerprint density at radius 2 is 2.12 bits per heavy atom. The SMILES string of the molecule is COc1cc(C)c2c(c1OC)OC(C)(C=O)C2. The van der Waals surface area contributed by atoms with Gasteiger partial charge < -0.3 is 14.2 Å². The first-order chi connectivity index (χ1) is 8.04. The standard InChI is InChI=1S/C13H16O4/c1-8-5-10(15-3)12(16-4)11-9(8)6-13(2,7-14)17-11/h5,7H,6H2,1-4H3. The lowest BCUT2D eigenvalue weighted by Crippen LogP contribution is -2.31. The summed E-state index contributed by atoms with van der Waals surface area (Å²) in [5.74, 6) is 1.80. The van der Waals surface area contributed by atoms with Crippen LogP contribution in [0, 0.1) is 6.92 Å². The number of benzene rings is 1. The number of rotatable bonds is 3. The highest BCUT2D eigenvalue weighted by atomic mass is 16.5. The third-order valence-electron chi connectivity index (χ3n) is 3.06. The fraction of sp³-hybridized carbons (Fsp3) is 0.462. The Morgan fingerprint density at radius 3 is 2.65 bits per heavy atom. The molecule has 0 fully saturated rings. The van der Waals surface area contributed by atoms with Gasteiger partial charge in [0.25, 0.3) is 0 Å². The zero-order valence-electron chi connectivity index (χ0n) is 10.5. The minimum atomic E-state index is -0.799. The summed E-state index contributed by atoms with van der Waals surface area (Å²) in [7, 11) is 3.14. The molecule has 1 aromatic carbocycles. The molecule has 1 aliphatic rings. The fourth-order valence-corrected chi connectivity index (χ4v) is 2.14. The molecule has 17 heavy (non-hydrogen) atoms. The van der Waals surface area contributed by atoms with Gasteiger partial charge in [0.05, 0.1) is 14.2 Å².